The van der Waals surface area contributed by atoms with E-state index in [0.29, 0.717) is 6.54 Å². The molecule has 1 aromatic rings. The predicted octanol–water partition coefficient (Wildman–Crippen LogP) is 0.0772. The Balaban J connectivity index is 0.00000450. The number of halogens is 1. The molecular formula is C19H39IN8O2. The van der Waals surface area contributed by atoms with E-state index in [0.717, 1.165) is 89.7 Å². The number of aromatic nitrogens is 3. The summed E-state index contributed by atoms with van der Waals surface area (Å²) in [7, 11) is 5.84. The highest BCUT2D eigenvalue weighted by Crippen LogP contribution is 1.99. The number of guanidine groups is 1. The van der Waals surface area contributed by atoms with E-state index >= 15 is 0 Å². The van der Waals surface area contributed by atoms with Crippen molar-refractivity contribution < 1.29 is 9.47 Å². The second-order valence-corrected chi connectivity index (χ2v) is 7.34. The van der Waals surface area contributed by atoms with Gasteiger partial charge >= 0.3 is 0 Å². The van der Waals surface area contributed by atoms with Crippen molar-refractivity contribution in [1.29, 1.82) is 0 Å². The third-order valence-corrected chi connectivity index (χ3v) is 5.06. The van der Waals surface area contributed by atoms with Gasteiger partial charge in [0.1, 0.15) is 12.4 Å². The van der Waals surface area contributed by atoms with Gasteiger partial charge in [0.05, 0.1) is 13.2 Å². The molecule has 10 nitrogen and oxygen atoms in total. The number of likely N-dealkylation sites (N-methyl/N-ethyl adjacent to an activating group) is 1. The fourth-order valence-corrected chi connectivity index (χ4v) is 3.03. The van der Waals surface area contributed by atoms with Crippen LogP contribution in [-0.2, 0) is 23.1 Å². The maximum Gasteiger partial charge on any atom is 0.191 e. The monoisotopic (exact) mass is 538 g/mol. The molecule has 1 saturated heterocycles. The van der Waals surface area contributed by atoms with Gasteiger partial charge in [-0.05, 0) is 20.4 Å². The number of aryl methyl sites for hydroxylation is 1. The van der Waals surface area contributed by atoms with Crippen LogP contribution in [0, 0.1) is 6.92 Å². The lowest BCUT2D eigenvalue weighted by Crippen LogP contribution is -2.45. The first-order chi connectivity index (χ1) is 14.1. The van der Waals surface area contributed by atoms with Crippen LogP contribution in [0.15, 0.2) is 4.99 Å². The van der Waals surface area contributed by atoms with Crippen LogP contribution in [0.3, 0.4) is 0 Å². The average molecular weight is 538 g/mol. The Morgan fingerprint density at radius 1 is 1.20 bits per heavy atom. The van der Waals surface area contributed by atoms with Gasteiger partial charge in [-0.1, -0.05) is 0 Å². The molecule has 174 valence electrons. The molecule has 1 aliphatic rings. The van der Waals surface area contributed by atoms with Gasteiger partial charge in [0.2, 0.25) is 0 Å². The fourth-order valence-electron chi connectivity index (χ4n) is 3.03. The molecule has 0 aromatic carbocycles. The SMILES string of the molecule is COCCCN(C)CCNC(=NCc1nnc(C)n1C)NCCN1CCOCC1.I. The standard InChI is InChI=1S/C19H38N8O2.HI/c1-17-23-24-18(26(17)3)16-22-19(20-6-9-25(2)8-5-13-28-4)21-7-10-27-11-14-29-15-12-27;/h5-16H2,1-4H3,(H2,20,21,22);1H. The first-order valence-electron chi connectivity index (χ1n) is 10.4. The number of aliphatic imine (C=N–C) groups is 1. The van der Waals surface area contributed by atoms with Crippen LogP contribution < -0.4 is 10.6 Å². The van der Waals surface area contributed by atoms with Gasteiger partial charge in [-0.25, -0.2) is 4.99 Å². The lowest BCUT2D eigenvalue weighted by Gasteiger charge is -2.27. The molecule has 0 aliphatic carbocycles. The first-order valence-corrected chi connectivity index (χ1v) is 10.4. The van der Waals surface area contributed by atoms with Crippen molar-refractivity contribution in [1.82, 2.24) is 35.2 Å². The molecule has 0 atom stereocenters. The molecule has 1 aliphatic heterocycles. The molecule has 1 fully saturated rings. The zero-order valence-electron chi connectivity index (χ0n) is 18.9. The summed E-state index contributed by atoms with van der Waals surface area (Å²) in [5.74, 6) is 2.56. The zero-order valence-corrected chi connectivity index (χ0v) is 21.2. The lowest BCUT2D eigenvalue weighted by atomic mass is 10.4. The van der Waals surface area contributed by atoms with Gasteiger partial charge in [-0.2, -0.15) is 0 Å². The minimum atomic E-state index is 0. The molecule has 0 bridgehead atoms. The van der Waals surface area contributed by atoms with Crippen LogP contribution in [0.25, 0.3) is 0 Å². The second-order valence-electron chi connectivity index (χ2n) is 7.34. The summed E-state index contributed by atoms with van der Waals surface area (Å²) in [4.78, 5) is 9.41. The van der Waals surface area contributed by atoms with Gasteiger partial charge in [0, 0.05) is 66.6 Å². The third kappa shape index (κ3) is 10.3. The van der Waals surface area contributed by atoms with Crippen molar-refractivity contribution in [3.05, 3.63) is 11.6 Å². The normalized spacial score (nSPS) is 15.3. The van der Waals surface area contributed by atoms with Crippen molar-refractivity contribution in [3.63, 3.8) is 0 Å². The number of nitrogens with zero attached hydrogens (tertiary/aromatic N) is 6. The Bertz CT molecular complexity index is 607. The Labute approximate surface area is 197 Å². The number of hydrogen-bond acceptors (Lipinski definition) is 7. The van der Waals surface area contributed by atoms with E-state index in [-0.39, 0.29) is 24.0 Å². The number of hydrogen-bond donors (Lipinski definition) is 2. The predicted molar refractivity (Wildman–Crippen MR) is 130 cm³/mol. The number of rotatable bonds is 12. The smallest absolute Gasteiger partial charge is 0.191 e. The van der Waals surface area contributed by atoms with E-state index < -0.39 is 0 Å². The van der Waals surface area contributed by atoms with E-state index in [1.807, 2.05) is 18.5 Å². The molecule has 0 unspecified atom stereocenters. The number of morpholine rings is 1. The van der Waals surface area contributed by atoms with Crippen molar-refractivity contribution in [3.8, 4) is 0 Å². The molecule has 1 aromatic heterocycles. The van der Waals surface area contributed by atoms with Gasteiger partial charge < -0.3 is 29.6 Å². The van der Waals surface area contributed by atoms with Crippen LogP contribution in [0.2, 0.25) is 0 Å². The fraction of sp³-hybridized carbons (Fsp3) is 0.842. The van der Waals surface area contributed by atoms with E-state index in [1.54, 1.807) is 7.11 Å². The molecular weight excluding hydrogens is 499 g/mol. The van der Waals surface area contributed by atoms with E-state index in [9.17, 15) is 0 Å². The Kier molecular flexibility index (Phi) is 14.2. The molecule has 0 saturated carbocycles. The Morgan fingerprint density at radius 2 is 1.93 bits per heavy atom. The van der Waals surface area contributed by atoms with Gasteiger partial charge in [-0.3, -0.25) is 4.90 Å². The summed E-state index contributed by atoms with van der Waals surface area (Å²) in [6.45, 7) is 11.5. The number of methoxy groups -OCH3 is 1. The van der Waals surface area contributed by atoms with Crippen LogP contribution in [0.4, 0.5) is 0 Å². The van der Waals surface area contributed by atoms with Crippen molar-refractivity contribution in [2.45, 2.75) is 19.9 Å². The summed E-state index contributed by atoms with van der Waals surface area (Å²) in [5, 5.41) is 15.2. The molecule has 30 heavy (non-hydrogen) atoms. The van der Waals surface area contributed by atoms with Crippen LogP contribution in [0.1, 0.15) is 18.1 Å². The van der Waals surface area contributed by atoms with Crippen LogP contribution >= 0.6 is 24.0 Å². The minimum absolute atomic E-state index is 0. The van der Waals surface area contributed by atoms with Gasteiger partial charge in [-0.15, -0.1) is 34.2 Å². The number of ether oxygens (including phenoxy) is 2. The molecule has 2 rings (SSSR count). The van der Waals surface area contributed by atoms with Crippen molar-refractivity contribution >= 4 is 29.9 Å². The molecule has 2 heterocycles. The first kappa shape index (κ1) is 27.0. The number of nitrogens with one attached hydrogen (secondary N) is 2. The topological polar surface area (TPSA) is 92.1 Å². The molecule has 0 radical (unpaired) electrons. The van der Waals surface area contributed by atoms with Crippen LogP contribution in [0.5, 0.6) is 0 Å². The summed E-state index contributed by atoms with van der Waals surface area (Å²) < 4.78 is 12.5. The quantitative estimate of drug-likeness (QED) is 0.167. The lowest BCUT2D eigenvalue weighted by molar-refractivity contribution is 0.0389. The second kappa shape index (κ2) is 15.7. The van der Waals surface area contributed by atoms with E-state index in [1.165, 1.54) is 0 Å². The highest BCUT2D eigenvalue weighted by molar-refractivity contribution is 14.0. The summed E-state index contributed by atoms with van der Waals surface area (Å²) >= 11 is 0. The third-order valence-electron chi connectivity index (χ3n) is 5.06. The van der Waals surface area contributed by atoms with Crippen LogP contribution in [-0.4, -0.2) is 110 Å². The maximum atomic E-state index is 5.41. The Hall–Kier alpha value is -1.02. The average Bonchev–Trinajstić information content (AvgIpc) is 3.04. The van der Waals surface area contributed by atoms with Gasteiger partial charge in [0.15, 0.2) is 11.8 Å². The highest BCUT2D eigenvalue weighted by Gasteiger charge is 2.10. The van der Waals surface area contributed by atoms with E-state index in [2.05, 4.69) is 37.7 Å². The van der Waals surface area contributed by atoms with Crippen molar-refractivity contribution in [2.24, 2.45) is 12.0 Å². The summed E-state index contributed by atoms with van der Waals surface area (Å²) in [5.41, 5.74) is 0. The Morgan fingerprint density at radius 3 is 2.60 bits per heavy atom. The minimum Gasteiger partial charge on any atom is -0.385 e. The molecule has 2 N–H and O–H groups in total. The molecule has 0 spiro atoms. The zero-order chi connectivity index (χ0) is 20.9. The summed E-state index contributed by atoms with van der Waals surface area (Å²) in [6.07, 6.45) is 1.04. The maximum absolute atomic E-state index is 5.41. The summed E-state index contributed by atoms with van der Waals surface area (Å²) in [6, 6.07) is 0. The molecule has 0 amide bonds. The van der Waals surface area contributed by atoms with Crippen molar-refractivity contribution in [2.75, 3.05) is 79.8 Å². The van der Waals surface area contributed by atoms with E-state index in [4.69, 9.17) is 14.5 Å². The largest absolute Gasteiger partial charge is 0.385 e. The van der Waals surface area contributed by atoms with Gasteiger partial charge in [0.25, 0.3) is 0 Å². The highest BCUT2D eigenvalue weighted by atomic mass is 127. The molecule has 11 heteroatoms.